The summed E-state index contributed by atoms with van der Waals surface area (Å²) in [6.07, 6.45) is 0.357. The Kier molecular flexibility index (Phi) is 4.35. The molecule has 7 heteroatoms. The molecule has 0 amide bonds. The van der Waals surface area contributed by atoms with E-state index < -0.39 is 21.2 Å². The molecular weight excluding hydrogens is 374 g/mol. The zero-order chi connectivity index (χ0) is 20.3. The molecule has 1 aromatic rings. The van der Waals surface area contributed by atoms with Gasteiger partial charge in [-0.25, -0.2) is 0 Å². The molecule has 1 heterocycles. The third kappa shape index (κ3) is 3.96. The Bertz CT molecular complexity index is 987. The topological polar surface area (TPSA) is 52.6 Å². The van der Waals surface area contributed by atoms with Crippen LogP contribution in [0, 0.1) is 17.3 Å². The molecule has 146 valence electrons. The molecule has 0 spiro atoms. The minimum absolute atomic E-state index is 0.0708. The molecule has 4 nitrogen and oxygen atoms in total. The number of carbonyl (C=O) groups excluding carboxylic acids is 1. The van der Waals surface area contributed by atoms with E-state index in [1.807, 2.05) is 20.8 Å². The molecule has 1 saturated carbocycles. The SMILES string of the molecule is CC(C)(C)C#CC(C(=O)C1(c2ccc3c(c2)OC(F)(F)O3)CC1)=S(C)(C)=O. The van der Waals surface area contributed by atoms with Gasteiger partial charge in [0.15, 0.2) is 17.3 Å². The van der Waals surface area contributed by atoms with Crippen LogP contribution in [-0.4, -0.2) is 33.7 Å². The summed E-state index contributed by atoms with van der Waals surface area (Å²) in [6.45, 7) is 5.71. The van der Waals surface area contributed by atoms with Gasteiger partial charge >= 0.3 is 6.29 Å². The lowest BCUT2D eigenvalue weighted by molar-refractivity contribution is -0.286. The minimum atomic E-state index is -3.71. The van der Waals surface area contributed by atoms with Gasteiger partial charge in [-0.2, -0.15) is 0 Å². The van der Waals surface area contributed by atoms with E-state index in [1.165, 1.54) is 24.6 Å². The van der Waals surface area contributed by atoms with Crippen LogP contribution in [0.1, 0.15) is 39.2 Å². The maximum absolute atomic E-state index is 13.3. The Morgan fingerprint density at radius 3 is 2.26 bits per heavy atom. The van der Waals surface area contributed by atoms with Gasteiger partial charge in [-0.15, -0.1) is 8.78 Å². The number of Topliss-reactive ketones (excluding diaryl/α,β-unsaturated/α-hetero) is 1. The monoisotopic (exact) mass is 396 g/mol. The standard InChI is InChI=1S/C20H22F2O4S/c1-18(2,3)9-8-16(27(4,5)24)17(23)19(10-11-19)13-6-7-14-15(12-13)26-20(21,22)25-14/h6-7,12H,10-11H2,1-5H3. The van der Waals surface area contributed by atoms with Crippen LogP contribution in [0.5, 0.6) is 11.5 Å². The Hall–Kier alpha value is -2.07. The highest BCUT2D eigenvalue weighted by atomic mass is 32.2. The first-order valence-corrected chi connectivity index (χ1v) is 10.9. The molecule has 3 rings (SSSR count). The number of alkyl halides is 2. The molecule has 2 aliphatic rings. The van der Waals surface area contributed by atoms with Gasteiger partial charge in [0, 0.05) is 17.9 Å². The summed E-state index contributed by atoms with van der Waals surface area (Å²) in [6, 6.07) is 4.36. The summed E-state index contributed by atoms with van der Waals surface area (Å²) >= 11 is 0. The lowest BCUT2D eigenvalue weighted by Crippen LogP contribution is -2.32. The fraction of sp³-hybridized carbons (Fsp3) is 0.500. The predicted molar refractivity (Wildman–Crippen MR) is 101 cm³/mol. The van der Waals surface area contributed by atoms with E-state index in [0.717, 1.165) is 0 Å². The highest BCUT2D eigenvalue weighted by Gasteiger charge is 2.53. The Balaban J connectivity index is 2.02. The minimum Gasteiger partial charge on any atom is -0.395 e. The van der Waals surface area contributed by atoms with E-state index in [9.17, 15) is 17.8 Å². The van der Waals surface area contributed by atoms with Crippen LogP contribution in [0.25, 0.3) is 0 Å². The molecule has 0 saturated heterocycles. The van der Waals surface area contributed by atoms with Crippen molar-refractivity contribution in [3.63, 3.8) is 0 Å². The van der Waals surface area contributed by atoms with Gasteiger partial charge in [0.1, 0.15) is 4.86 Å². The van der Waals surface area contributed by atoms with Crippen molar-refractivity contribution in [3.05, 3.63) is 23.8 Å². The Morgan fingerprint density at radius 1 is 1.15 bits per heavy atom. The molecule has 0 N–H and O–H groups in total. The van der Waals surface area contributed by atoms with Gasteiger partial charge in [-0.3, -0.25) is 9.00 Å². The lowest BCUT2D eigenvalue weighted by atomic mass is 9.89. The Morgan fingerprint density at radius 2 is 1.74 bits per heavy atom. The van der Waals surface area contributed by atoms with Crippen molar-refractivity contribution < 1.29 is 27.3 Å². The van der Waals surface area contributed by atoms with E-state index in [4.69, 9.17) is 0 Å². The summed E-state index contributed by atoms with van der Waals surface area (Å²) in [5.74, 6) is 5.35. The summed E-state index contributed by atoms with van der Waals surface area (Å²) in [5, 5.41) is 0. The number of hydrogen-bond acceptors (Lipinski definition) is 4. The first-order chi connectivity index (χ1) is 12.2. The molecule has 0 radical (unpaired) electrons. The highest BCUT2D eigenvalue weighted by molar-refractivity contribution is 8.02. The Labute approximate surface area is 158 Å². The second kappa shape index (κ2) is 5.96. The van der Waals surface area contributed by atoms with E-state index in [1.54, 1.807) is 6.07 Å². The second-order valence-electron chi connectivity index (χ2n) is 8.30. The fourth-order valence-electron chi connectivity index (χ4n) is 2.88. The second-order valence-corrected chi connectivity index (χ2v) is 11.2. The fourth-order valence-corrected chi connectivity index (χ4v) is 3.82. The van der Waals surface area contributed by atoms with Crippen LogP contribution in [0.3, 0.4) is 0 Å². The molecular formula is C20H22F2O4S. The first-order valence-electron chi connectivity index (χ1n) is 8.53. The average Bonchev–Trinajstić information content (AvgIpc) is 3.22. The summed E-state index contributed by atoms with van der Waals surface area (Å²) < 4.78 is 48.2. The van der Waals surface area contributed by atoms with Crippen molar-refractivity contribution in [3.8, 4) is 23.3 Å². The molecule has 1 aliphatic heterocycles. The number of ketones is 1. The normalized spacial score (nSPS) is 19.1. The van der Waals surface area contributed by atoms with Gasteiger partial charge in [0.25, 0.3) is 0 Å². The number of halogens is 2. The molecule has 0 atom stereocenters. The quantitative estimate of drug-likeness (QED) is 0.581. The van der Waals surface area contributed by atoms with Gasteiger partial charge in [-0.05, 0) is 60.8 Å². The van der Waals surface area contributed by atoms with Crippen LogP contribution in [-0.2, 0) is 19.7 Å². The van der Waals surface area contributed by atoms with Gasteiger partial charge in [0.05, 0.1) is 5.41 Å². The third-order valence-electron chi connectivity index (χ3n) is 4.39. The maximum atomic E-state index is 13.3. The van der Waals surface area contributed by atoms with Gasteiger partial charge in [0.2, 0.25) is 0 Å². The van der Waals surface area contributed by atoms with Crippen molar-refractivity contribution in [1.29, 1.82) is 0 Å². The highest BCUT2D eigenvalue weighted by Crippen LogP contribution is 2.52. The zero-order valence-electron chi connectivity index (χ0n) is 15.9. The van der Waals surface area contributed by atoms with Crippen LogP contribution in [0.15, 0.2) is 18.2 Å². The van der Waals surface area contributed by atoms with Gasteiger partial charge < -0.3 is 9.47 Å². The van der Waals surface area contributed by atoms with Crippen molar-refractivity contribution in [1.82, 2.24) is 0 Å². The molecule has 1 fully saturated rings. The first kappa shape index (κ1) is 19.7. The summed E-state index contributed by atoms with van der Waals surface area (Å²) in [5.41, 5.74) is -0.698. The lowest BCUT2D eigenvalue weighted by Gasteiger charge is -2.16. The predicted octanol–water partition coefficient (Wildman–Crippen LogP) is 3.37. The maximum Gasteiger partial charge on any atom is 0.586 e. The molecule has 1 aromatic carbocycles. The van der Waals surface area contributed by atoms with Crippen molar-refractivity contribution in [2.45, 2.75) is 45.3 Å². The van der Waals surface area contributed by atoms with Crippen LogP contribution in [0.2, 0.25) is 0 Å². The number of fused-ring (bicyclic) bond motifs is 1. The summed E-state index contributed by atoms with van der Waals surface area (Å²) in [7, 11) is -2.60. The third-order valence-corrected chi connectivity index (χ3v) is 5.66. The molecule has 1 aliphatic carbocycles. The smallest absolute Gasteiger partial charge is 0.395 e. The number of rotatable bonds is 3. The number of benzene rings is 1. The number of hydrogen-bond donors (Lipinski definition) is 0. The van der Waals surface area contributed by atoms with Crippen molar-refractivity contribution >= 4 is 20.2 Å². The van der Waals surface area contributed by atoms with Crippen molar-refractivity contribution in [2.75, 3.05) is 12.5 Å². The van der Waals surface area contributed by atoms with E-state index in [2.05, 4.69) is 21.3 Å². The van der Waals surface area contributed by atoms with Crippen LogP contribution in [0.4, 0.5) is 8.78 Å². The van der Waals surface area contributed by atoms with E-state index >= 15 is 0 Å². The van der Waals surface area contributed by atoms with Crippen LogP contribution < -0.4 is 9.47 Å². The van der Waals surface area contributed by atoms with Crippen molar-refractivity contribution in [2.24, 2.45) is 5.41 Å². The average molecular weight is 396 g/mol. The van der Waals surface area contributed by atoms with Crippen LogP contribution >= 0.6 is 0 Å². The van der Waals surface area contributed by atoms with E-state index in [-0.39, 0.29) is 27.6 Å². The molecule has 0 bridgehead atoms. The molecule has 27 heavy (non-hydrogen) atoms. The number of ether oxygens (including phenoxy) is 2. The number of carbonyl (C=O) groups is 1. The largest absolute Gasteiger partial charge is 0.586 e. The van der Waals surface area contributed by atoms with Gasteiger partial charge in [-0.1, -0.05) is 17.9 Å². The summed E-state index contributed by atoms with van der Waals surface area (Å²) in [4.78, 5) is 13.4. The molecule has 0 aromatic heterocycles. The molecule has 0 unspecified atom stereocenters. The van der Waals surface area contributed by atoms with E-state index in [0.29, 0.717) is 18.4 Å². The zero-order valence-corrected chi connectivity index (χ0v) is 16.8.